The van der Waals surface area contributed by atoms with Crippen molar-refractivity contribution in [3.63, 3.8) is 0 Å². The molecule has 4 nitrogen and oxygen atoms in total. The van der Waals surface area contributed by atoms with Gasteiger partial charge in [-0.25, -0.2) is 0 Å². The Morgan fingerprint density at radius 3 is 2.46 bits per heavy atom. The Morgan fingerprint density at radius 1 is 1.17 bits per heavy atom. The number of halogens is 1. The van der Waals surface area contributed by atoms with Crippen molar-refractivity contribution < 1.29 is 9.59 Å². The summed E-state index contributed by atoms with van der Waals surface area (Å²) in [5.41, 5.74) is 0.581. The summed E-state index contributed by atoms with van der Waals surface area (Å²) in [6.45, 7) is 4.48. The van der Waals surface area contributed by atoms with Gasteiger partial charge in [0.05, 0.1) is 6.04 Å². The molecule has 2 amide bonds. The molecule has 0 spiro atoms. The Balaban J connectivity index is 1.80. The lowest BCUT2D eigenvalue weighted by Crippen LogP contribution is -2.34. The number of rotatable bonds is 7. The van der Waals surface area contributed by atoms with Gasteiger partial charge in [-0.15, -0.1) is 11.3 Å². The molecular formula is C18H21BrN2O2S. The zero-order valence-electron chi connectivity index (χ0n) is 13.7. The molecule has 1 heterocycles. The van der Waals surface area contributed by atoms with Gasteiger partial charge in [0.15, 0.2) is 0 Å². The minimum absolute atomic E-state index is 0.0136. The van der Waals surface area contributed by atoms with Crippen LogP contribution in [0, 0.1) is 5.92 Å². The van der Waals surface area contributed by atoms with Gasteiger partial charge in [0.1, 0.15) is 0 Å². The molecule has 0 aliphatic rings. The second-order valence-corrected chi connectivity index (χ2v) is 7.71. The molecule has 1 aromatic heterocycles. The Kier molecular flexibility index (Phi) is 6.99. The highest BCUT2D eigenvalue weighted by Gasteiger charge is 2.19. The van der Waals surface area contributed by atoms with Gasteiger partial charge in [0, 0.05) is 27.9 Å². The molecule has 0 unspecified atom stereocenters. The number of thiophene rings is 1. The van der Waals surface area contributed by atoms with Crippen LogP contribution in [0.1, 0.15) is 41.5 Å². The molecule has 128 valence electrons. The van der Waals surface area contributed by atoms with Crippen LogP contribution in [0.25, 0.3) is 0 Å². The number of carbonyl (C=O) groups excluding carboxylic acids is 2. The van der Waals surface area contributed by atoms with Gasteiger partial charge in [-0.1, -0.05) is 35.8 Å². The number of carbonyl (C=O) groups is 2. The number of hydrogen-bond acceptors (Lipinski definition) is 3. The van der Waals surface area contributed by atoms with Crippen LogP contribution in [-0.4, -0.2) is 18.4 Å². The van der Waals surface area contributed by atoms with E-state index in [1.807, 2.05) is 29.6 Å². The second kappa shape index (κ2) is 8.99. The third-order valence-corrected chi connectivity index (χ3v) is 5.06. The molecule has 0 saturated heterocycles. The second-order valence-electron chi connectivity index (χ2n) is 5.82. The van der Waals surface area contributed by atoms with Gasteiger partial charge in [0.25, 0.3) is 5.91 Å². The predicted octanol–water partition coefficient (Wildman–Crippen LogP) is 4.14. The van der Waals surface area contributed by atoms with Crippen molar-refractivity contribution in [3.8, 4) is 0 Å². The van der Waals surface area contributed by atoms with E-state index in [4.69, 9.17) is 0 Å². The van der Waals surface area contributed by atoms with E-state index in [0.717, 1.165) is 9.35 Å². The lowest BCUT2D eigenvalue weighted by Gasteiger charge is -2.21. The Bertz CT molecular complexity index is 669. The minimum Gasteiger partial charge on any atom is -0.352 e. The lowest BCUT2D eigenvalue weighted by molar-refractivity contribution is -0.122. The van der Waals surface area contributed by atoms with Gasteiger partial charge in [-0.3, -0.25) is 9.59 Å². The molecule has 6 heteroatoms. The van der Waals surface area contributed by atoms with Crippen LogP contribution in [0.3, 0.4) is 0 Å². The lowest BCUT2D eigenvalue weighted by atomic mass is 10.0. The standard InChI is InChI=1S/C18H21BrN2O2S/c1-12(2)17(15-4-3-11-24-15)21-16(22)9-10-20-18(23)13-5-7-14(19)8-6-13/h3-8,11-12,17H,9-10H2,1-2H3,(H,20,23)(H,21,22)/t17-/m0/s1. The van der Waals surface area contributed by atoms with E-state index in [1.54, 1.807) is 23.5 Å². The predicted molar refractivity (Wildman–Crippen MR) is 101 cm³/mol. The van der Waals surface area contributed by atoms with Crippen molar-refractivity contribution in [2.75, 3.05) is 6.54 Å². The molecule has 2 N–H and O–H groups in total. The topological polar surface area (TPSA) is 58.2 Å². The van der Waals surface area contributed by atoms with Gasteiger partial charge in [-0.2, -0.15) is 0 Å². The summed E-state index contributed by atoms with van der Waals surface area (Å²) in [5, 5.41) is 7.84. The number of amides is 2. The fourth-order valence-electron chi connectivity index (χ4n) is 2.27. The first-order valence-corrected chi connectivity index (χ1v) is 9.51. The molecule has 0 fully saturated rings. The molecule has 2 rings (SSSR count). The van der Waals surface area contributed by atoms with Crippen LogP contribution in [0.2, 0.25) is 0 Å². The van der Waals surface area contributed by atoms with E-state index in [-0.39, 0.29) is 24.3 Å². The van der Waals surface area contributed by atoms with Crippen molar-refractivity contribution in [2.45, 2.75) is 26.3 Å². The zero-order chi connectivity index (χ0) is 17.5. The zero-order valence-corrected chi connectivity index (χ0v) is 16.1. The third-order valence-electron chi connectivity index (χ3n) is 3.58. The third kappa shape index (κ3) is 5.46. The maximum atomic E-state index is 12.2. The molecule has 0 saturated carbocycles. The van der Waals surface area contributed by atoms with Gasteiger partial charge in [0.2, 0.25) is 5.91 Å². The molecule has 0 bridgehead atoms. The smallest absolute Gasteiger partial charge is 0.251 e. The highest BCUT2D eigenvalue weighted by Crippen LogP contribution is 2.25. The van der Waals surface area contributed by atoms with E-state index in [0.29, 0.717) is 18.0 Å². The van der Waals surface area contributed by atoms with Crippen LogP contribution in [-0.2, 0) is 4.79 Å². The average Bonchev–Trinajstić information content (AvgIpc) is 3.07. The van der Waals surface area contributed by atoms with Crippen LogP contribution < -0.4 is 10.6 Å². The maximum absolute atomic E-state index is 12.2. The fourth-order valence-corrected chi connectivity index (χ4v) is 3.49. The van der Waals surface area contributed by atoms with Crippen LogP contribution >= 0.6 is 27.3 Å². The Hall–Kier alpha value is -1.66. The molecule has 0 aliphatic carbocycles. The summed E-state index contributed by atoms with van der Waals surface area (Å²) in [4.78, 5) is 25.3. The van der Waals surface area contributed by atoms with Gasteiger partial charge in [-0.05, 0) is 41.6 Å². The SMILES string of the molecule is CC(C)[C@H](NC(=O)CCNC(=O)c1ccc(Br)cc1)c1cccs1. The van der Waals surface area contributed by atoms with E-state index in [1.165, 1.54) is 0 Å². The number of nitrogens with one attached hydrogen (secondary N) is 2. The summed E-state index contributed by atoms with van der Waals surface area (Å²) < 4.78 is 0.923. The molecule has 0 aliphatic heterocycles. The monoisotopic (exact) mass is 408 g/mol. The molecule has 1 aromatic carbocycles. The van der Waals surface area contributed by atoms with Crippen molar-refractivity contribution in [1.82, 2.24) is 10.6 Å². The maximum Gasteiger partial charge on any atom is 0.251 e. The van der Waals surface area contributed by atoms with E-state index >= 15 is 0 Å². The average molecular weight is 409 g/mol. The first kappa shape index (κ1) is 18.7. The highest BCUT2D eigenvalue weighted by molar-refractivity contribution is 9.10. The fraction of sp³-hybridized carbons (Fsp3) is 0.333. The summed E-state index contributed by atoms with van der Waals surface area (Å²) >= 11 is 4.97. The molecule has 0 radical (unpaired) electrons. The van der Waals surface area contributed by atoms with Crippen molar-refractivity contribution in [2.24, 2.45) is 5.92 Å². The van der Waals surface area contributed by atoms with Crippen molar-refractivity contribution >= 4 is 39.1 Å². The van der Waals surface area contributed by atoms with E-state index in [2.05, 4.69) is 40.4 Å². The van der Waals surface area contributed by atoms with E-state index < -0.39 is 0 Å². The quantitative estimate of drug-likeness (QED) is 0.722. The molecule has 1 atom stereocenters. The highest BCUT2D eigenvalue weighted by atomic mass is 79.9. The van der Waals surface area contributed by atoms with Crippen LogP contribution in [0.15, 0.2) is 46.3 Å². The van der Waals surface area contributed by atoms with Crippen molar-refractivity contribution in [3.05, 3.63) is 56.7 Å². The van der Waals surface area contributed by atoms with Gasteiger partial charge >= 0.3 is 0 Å². The normalized spacial score (nSPS) is 12.0. The first-order chi connectivity index (χ1) is 11.5. The van der Waals surface area contributed by atoms with Gasteiger partial charge < -0.3 is 10.6 Å². The van der Waals surface area contributed by atoms with E-state index in [9.17, 15) is 9.59 Å². The van der Waals surface area contributed by atoms with Crippen LogP contribution in [0.5, 0.6) is 0 Å². The summed E-state index contributed by atoms with van der Waals surface area (Å²) in [7, 11) is 0. The largest absolute Gasteiger partial charge is 0.352 e. The molecular weight excluding hydrogens is 388 g/mol. The Labute approximate surface area is 154 Å². The summed E-state index contributed by atoms with van der Waals surface area (Å²) in [6, 6.07) is 11.1. The summed E-state index contributed by atoms with van der Waals surface area (Å²) in [6.07, 6.45) is 0.261. The molecule has 2 aromatic rings. The molecule has 24 heavy (non-hydrogen) atoms. The summed E-state index contributed by atoms with van der Waals surface area (Å²) in [5.74, 6) is 0.0807. The number of hydrogen-bond donors (Lipinski definition) is 2. The van der Waals surface area contributed by atoms with Crippen molar-refractivity contribution in [1.29, 1.82) is 0 Å². The first-order valence-electron chi connectivity index (χ1n) is 7.84. The van der Waals surface area contributed by atoms with Crippen LogP contribution in [0.4, 0.5) is 0 Å². The number of benzene rings is 1. The Morgan fingerprint density at radius 2 is 1.88 bits per heavy atom. The minimum atomic E-state index is -0.172.